The lowest BCUT2D eigenvalue weighted by Crippen LogP contribution is -2.28. The molecule has 5 nitrogen and oxygen atoms in total. The van der Waals surface area contributed by atoms with E-state index in [1.165, 1.54) is 0 Å². The number of rotatable bonds is 4. The van der Waals surface area contributed by atoms with E-state index in [9.17, 15) is 4.79 Å². The minimum atomic E-state index is -0.203. The van der Waals surface area contributed by atoms with Crippen molar-refractivity contribution in [3.05, 3.63) is 64.7 Å². The lowest BCUT2D eigenvalue weighted by atomic mass is 10.2. The van der Waals surface area contributed by atoms with Gasteiger partial charge in [-0.1, -0.05) is 23.7 Å². The summed E-state index contributed by atoms with van der Waals surface area (Å²) in [6, 6.07) is 14.0. The van der Waals surface area contributed by atoms with Gasteiger partial charge in [0.1, 0.15) is 0 Å². The lowest BCUT2D eigenvalue weighted by Gasteiger charge is -2.06. The summed E-state index contributed by atoms with van der Waals surface area (Å²) in [5.41, 5.74) is 4.69. The maximum atomic E-state index is 12.2. The second-order valence-electron chi connectivity index (χ2n) is 4.54. The largest absolute Gasteiger partial charge is 0.364 e. The van der Waals surface area contributed by atoms with Gasteiger partial charge in [0.05, 0.1) is 6.21 Å². The van der Waals surface area contributed by atoms with Gasteiger partial charge in [0.25, 0.3) is 5.91 Å². The quantitative estimate of drug-likeness (QED) is 0.452. The van der Waals surface area contributed by atoms with Crippen molar-refractivity contribution in [2.45, 2.75) is 0 Å². The molecule has 0 spiro atoms. The molecule has 3 N–H and O–H groups in total. The predicted octanol–water partition coefficient (Wildman–Crippen LogP) is 3.02. The third-order valence-electron chi connectivity index (χ3n) is 2.86. The molecule has 0 aliphatic heterocycles. The summed E-state index contributed by atoms with van der Waals surface area (Å²) in [5, 5.41) is 10.6. The van der Waals surface area contributed by atoms with Gasteiger partial charge in [-0.15, -0.1) is 0 Å². The molecule has 0 bridgehead atoms. The Morgan fingerprint density at radius 2 is 1.96 bits per heavy atom. The molecule has 0 saturated heterocycles. The molecule has 0 aliphatic carbocycles. The molecule has 0 aromatic heterocycles. The fourth-order valence-electron chi connectivity index (χ4n) is 1.72. The van der Waals surface area contributed by atoms with E-state index in [2.05, 4.69) is 21.2 Å². The van der Waals surface area contributed by atoms with Crippen LogP contribution in [0.4, 0.5) is 5.69 Å². The Morgan fingerprint density at radius 3 is 2.65 bits per heavy atom. The number of hydrogen-bond donors (Lipinski definition) is 3. The molecule has 2 aromatic carbocycles. The van der Waals surface area contributed by atoms with Crippen LogP contribution in [-0.4, -0.2) is 24.3 Å². The first-order chi connectivity index (χ1) is 11.1. The van der Waals surface area contributed by atoms with Crippen LogP contribution >= 0.6 is 23.8 Å². The molecule has 118 valence electrons. The normalized spacial score (nSPS) is 10.3. The topological polar surface area (TPSA) is 65.5 Å². The Morgan fingerprint density at radius 1 is 1.22 bits per heavy atom. The Hall–Kier alpha value is -2.44. The lowest BCUT2D eigenvalue weighted by molar-refractivity contribution is 0.102. The summed E-state index contributed by atoms with van der Waals surface area (Å²) in [6.45, 7) is 0. The molecule has 7 heteroatoms. The number of carbonyl (C=O) groups is 1. The third kappa shape index (κ3) is 5.36. The van der Waals surface area contributed by atoms with Crippen LogP contribution < -0.4 is 16.1 Å². The average molecular weight is 347 g/mol. The van der Waals surface area contributed by atoms with Gasteiger partial charge in [0.2, 0.25) is 0 Å². The maximum Gasteiger partial charge on any atom is 0.255 e. The third-order valence-corrected chi connectivity index (χ3v) is 3.41. The van der Waals surface area contributed by atoms with Crippen LogP contribution in [0, 0.1) is 0 Å². The van der Waals surface area contributed by atoms with E-state index in [4.69, 9.17) is 23.8 Å². The zero-order chi connectivity index (χ0) is 16.7. The number of nitrogens with zero attached hydrogens (tertiary/aromatic N) is 1. The minimum Gasteiger partial charge on any atom is -0.364 e. The number of benzene rings is 2. The first-order valence-electron chi connectivity index (χ1n) is 6.76. The molecule has 0 heterocycles. The number of hydrazone groups is 1. The highest BCUT2D eigenvalue weighted by atomic mass is 35.5. The van der Waals surface area contributed by atoms with E-state index in [1.807, 2.05) is 12.1 Å². The molecule has 0 radical (unpaired) electrons. The Kier molecular flexibility index (Phi) is 6.08. The summed E-state index contributed by atoms with van der Waals surface area (Å²) >= 11 is 10.7. The van der Waals surface area contributed by atoms with Crippen LogP contribution in [0.3, 0.4) is 0 Å². The van der Waals surface area contributed by atoms with E-state index < -0.39 is 0 Å². The van der Waals surface area contributed by atoms with Crippen LogP contribution in [-0.2, 0) is 0 Å². The van der Waals surface area contributed by atoms with Crippen molar-refractivity contribution in [3.63, 3.8) is 0 Å². The van der Waals surface area contributed by atoms with Crippen molar-refractivity contribution >= 4 is 46.7 Å². The van der Waals surface area contributed by atoms with Gasteiger partial charge in [-0.25, -0.2) is 0 Å². The van der Waals surface area contributed by atoms with E-state index in [0.29, 0.717) is 21.4 Å². The van der Waals surface area contributed by atoms with E-state index in [0.717, 1.165) is 5.56 Å². The average Bonchev–Trinajstić information content (AvgIpc) is 2.55. The van der Waals surface area contributed by atoms with Crippen LogP contribution in [0.25, 0.3) is 0 Å². The Balaban J connectivity index is 2.03. The van der Waals surface area contributed by atoms with E-state index >= 15 is 0 Å². The number of carbonyl (C=O) groups excluding carboxylic acids is 1. The van der Waals surface area contributed by atoms with Crippen molar-refractivity contribution in [1.82, 2.24) is 10.7 Å². The molecule has 1 amide bonds. The minimum absolute atomic E-state index is 0.203. The fourth-order valence-corrected chi connectivity index (χ4v) is 1.90. The van der Waals surface area contributed by atoms with Crippen molar-refractivity contribution in [1.29, 1.82) is 0 Å². The van der Waals surface area contributed by atoms with Gasteiger partial charge in [-0.3, -0.25) is 10.2 Å². The first-order valence-corrected chi connectivity index (χ1v) is 7.55. The highest BCUT2D eigenvalue weighted by molar-refractivity contribution is 7.80. The summed E-state index contributed by atoms with van der Waals surface area (Å²) < 4.78 is 0. The summed E-state index contributed by atoms with van der Waals surface area (Å²) in [6.07, 6.45) is 1.61. The number of hydrogen-bond acceptors (Lipinski definition) is 3. The highest BCUT2D eigenvalue weighted by Gasteiger charge is 2.05. The number of halogens is 1. The standard InChI is InChI=1S/C16H15ClN4OS/c1-18-16(23)21-19-10-11-3-2-4-14(9-11)20-15(22)12-5-7-13(17)8-6-12/h2-10H,1H3,(H,20,22)(H2,18,21,23). The smallest absolute Gasteiger partial charge is 0.255 e. The van der Waals surface area contributed by atoms with Crippen LogP contribution in [0.5, 0.6) is 0 Å². The number of anilines is 1. The van der Waals surface area contributed by atoms with Gasteiger partial charge >= 0.3 is 0 Å². The second-order valence-corrected chi connectivity index (χ2v) is 5.38. The highest BCUT2D eigenvalue weighted by Crippen LogP contribution is 2.13. The monoisotopic (exact) mass is 346 g/mol. The van der Waals surface area contributed by atoms with Gasteiger partial charge < -0.3 is 10.6 Å². The number of amides is 1. The van der Waals surface area contributed by atoms with Crippen LogP contribution in [0.1, 0.15) is 15.9 Å². The van der Waals surface area contributed by atoms with Crippen LogP contribution in [0.2, 0.25) is 5.02 Å². The molecule has 0 atom stereocenters. The predicted molar refractivity (Wildman–Crippen MR) is 98.2 cm³/mol. The summed E-state index contributed by atoms with van der Waals surface area (Å²) in [4.78, 5) is 12.2. The van der Waals surface area contributed by atoms with Crippen molar-refractivity contribution in [3.8, 4) is 0 Å². The van der Waals surface area contributed by atoms with Gasteiger partial charge in [-0.2, -0.15) is 5.10 Å². The molecule has 23 heavy (non-hydrogen) atoms. The molecule has 2 aromatic rings. The van der Waals surface area contributed by atoms with Gasteiger partial charge in [0, 0.05) is 23.3 Å². The van der Waals surface area contributed by atoms with Gasteiger partial charge in [0.15, 0.2) is 5.11 Å². The van der Waals surface area contributed by atoms with E-state index in [-0.39, 0.29) is 5.91 Å². The number of thiocarbonyl (C=S) groups is 1. The summed E-state index contributed by atoms with van der Waals surface area (Å²) in [7, 11) is 1.71. The molecule has 0 unspecified atom stereocenters. The molecule has 0 saturated carbocycles. The van der Waals surface area contributed by atoms with Crippen LogP contribution in [0.15, 0.2) is 53.6 Å². The Bertz CT molecular complexity index is 731. The fraction of sp³-hybridized carbons (Fsp3) is 0.0625. The molecule has 0 aliphatic rings. The SMILES string of the molecule is CNC(=S)NN=Cc1cccc(NC(=O)c2ccc(Cl)cc2)c1. The zero-order valence-corrected chi connectivity index (χ0v) is 13.9. The number of nitrogens with one attached hydrogen (secondary N) is 3. The van der Waals surface area contributed by atoms with E-state index in [1.54, 1.807) is 49.7 Å². The first kappa shape index (κ1) is 16.9. The van der Waals surface area contributed by atoms with Crippen molar-refractivity contribution in [2.75, 3.05) is 12.4 Å². The maximum absolute atomic E-state index is 12.2. The van der Waals surface area contributed by atoms with Gasteiger partial charge in [-0.05, 0) is 54.2 Å². The zero-order valence-electron chi connectivity index (χ0n) is 12.3. The summed E-state index contributed by atoms with van der Waals surface area (Å²) in [5.74, 6) is -0.203. The molecular weight excluding hydrogens is 332 g/mol. The van der Waals surface area contributed by atoms with Crippen molar-refractivity contribution in [2.24, 2.45) is 5.10 Å². The Labute approximate surface area is 144 Å². The molecular formula is C16H15ClN4OS. The molecule has 2 rings (SSSR count). The van der Waals surface area contributed by atoms with Crippen molar-refractivity contribution < 1.29 is 4.79 Å². The second kappa shape index (κ2) is 8.26. The molecule has 0 fully saturated rings.